The van der Waals surface area contributed by atoms with Gasteiger partial charge in [-0.25, -0.2) is 0 Å². The van der Waals surface area contributed by atoms with Crippen LogP contribution < -0.4 is 5.84 Å². The summed E-state index contributed by atoms with van der Waals surface area (Å²) in [4.78, 5) is 5.05. The summed E-state index contributed by atoms with van der Waals surface area (Å²) in [7, 11) is 2.55. The molecule has 3 aromatic rings. The Bertz CT molecular complexity index is 1420. The molecule has 7 nitrogen and oxygen atoms in total. The van der Waals surface area contributed by atoms with Gasteiger partial charge in [0, 0.05) is 39.6 Å². The molecule has 0 aliphatic heterocycles. The zero-order valence-electron chi connectivity index (χ0n) is 23.3. The Morgan fingerprint density at radius 3 is 2.00 bits per heavy atom. The normalized spacial score (nSPS) is 13.8. The van der Waals surface area contributed by atoms with Crippen molar-refractivity contribution >= 4 is 5.96 Å². The molecule has 0 aliphatic rings. The molecule has 1 aromatic heterocycles. The Kier molecular flexibility index (Phi) is 10.9. The van der Waals surface area contributed by atoms with Crippen molar-refractivity contribution < 1.29 is 44.3 Å². The van der Waals surface area contributed by atoms with Crippen molar-refractivity contribution in [3.8, 4) is 0 Å². The standard InChI is InChI=1S/C28H27F9N6O/c1-39-42-25(41-38)43(15-18-10-21(27(32,33)34)13-22(11-18)28(35,36)37)16-19-12-20(26(29,30)31)6-7-23(19)24(44-2)8-5-17-4-3-9-40-14-17/h3-4,6-7,9-14,24H,5,8,15-16,38H2,1-2H3. The molecule has 0 amide bonds. The summed E-state index contributed by atoms with van der Waals surface area (Å²) in [5.41, 5.74) is -3.54. The summed E-state index contributed by atoms with van der Waals surface area (Å²) >= 11 is 0. The minimum atomic E-state index is -5.12. The second-order valence-corrected chi connectivity index (χ2v) is 9.53. The van der Waals surface area contributed by atoms with Gasteiger partial charge in [0.25, 0.3) is 5.96 Å². The van der Waals surface area contributed by atoms with Gasteiger partial charge < -0.3 is 15.5 Å². The number of nitrogens with two attached hydrogens (primary N) is 1. The van der Waals surface area contributed by atoms with Gasteiger partial charge in [-0.05, 0) is 71.5 Å². The van der Waals surface area contributed by atoms with E-state index in [9.17, 15) is 39.5 Å². The molecular formula is C28H27F9N6O. The number of guanidine groups is 1. The van der Waals surface area contributed by atoms with E-state index in [-0.39, 0.29) is 11.6 Å². The van der Waals surface area contributed by atoms with Gasteiger partial charge >= 0.3 is 18.5 Å². The molecule has 0 radical (unpaired) electrons. The smallest absolute Gasteiger partial charge is 0.377 e. The molecule has 2 N–H and O–H groups in total. The highest BCUT2D eigenvalue weighted by atomic mass is 19.4. The van der Waals surface area contributed by atoms with Crippen LogP contribution in [0.2, 0.25) is 0 Å². The van der Waals surface area contributed by atoms with Crippen molar-refractivity contribution in [1.29, 1.82) is 0 Å². The minimum absolute atomic E-state index is 0.00617. The molecule has 0 aliphatic carbocycles. The third-order valence-corrected chi connectivity index (χ3v) is 6.49. The lowest BCUT2D eigenvalue weighted by molar-refractivity contribution is -0.143. The predicted octanol–water partition coefficient (Wildman–Crippen LogP) is 7.77. The number of aryl methyl sites for hydroxylation is 1. The fraction of sp³-hybridized carbons (Fsp3) is 0.357. The summed E-state index contributed by atoms with van der Waals surface area (Å²) in [6.45, 7) is -1.22. The van der Waals surface area contributed by atoms with Gasteiger partial charge in [0.05, 0.1) is 22.8 Å². The first-order valence-electron chi connectivity index (χ1n) is 12.8. The number of hydrogen-bond donors (Lipinski definition) is 1. The van der Waals surface area contributed by atoms with Crippen LogP contribution in [0.25, 0.3) is 0 Å². The summed E-state index contributed by atoms with van der Waals surface area (Å²) < 4.78 is 128. The van der Waals surface area contributed by atoms with Gasteiger partial charge in [-0.15, -0.1) is 10.2 Å². The highest BCUT2D eigenvalue weighted by molar-refractivity contribution is 5.80. The van der Waals surface area contributed by atoms with Crippen LogP contribution in [0, 0.1) is 0 Å². The van der Waals surface area contributed by atoms with Crippen LogP contribution in [0.4, 0.5) is 39.5 Å². The summed E-state index contributed by atoms with van der Waals surface area (Å²) in [5, 5.41) is 10.6. The van der Waals surface area contributed by atoms with Crippen LogP contribution in [0.5, 0.6) is 0 Å². The van der Waals surface area contributed by atoms with Crippen molar-refractivity contribution in [2.75, 3.05) is 14.2 Å². The van der Waals surface area contributed by atoms with Crippen molar-refractivity contribution in [2.24, 2.45) is 21.2 Å². The molecule has 0 fully saturated rings. The summed E-state index contributed by atoms with van der Waals surface area (Å²) in [5.74, 6) is 4.97. The molecular weight excluding hydrogens is 607 g/mol. The maximum atomic E-state index is 13.8. The number of benzene rings is 2. The van der Waals surface area contributed by atoms with E-state index >= 15 is 0 Å². The monoisotopic (exact) mass is 634 g/mol. The maximum absolute atomic E-state index is 13.8. The zero-order valence-corrected chi connectivity index (χ0v) is 23.3. The Hall–Kier alpha value is -4.21. The van der Waals surface area contributed by atoms with E-state index in [1.165, 1.54) is 20.2 Å². The second-order valence-electron chi connectivity index (χ2n) is 9.53. The molecule has 44 heavy (non-hydrogen) atoms. The summed E-state index contributed by atoms with van der Waals surface area (Å²) in [6, 6.07) is 7.37. The van der Waals surface area contributed by atoms with Crippen LogP contribution in [0.3, 0.4) is 0 Å². The highest BCUT2D eigenvalue weighted by Gasteiger charge is 2.37. The summed E-state index contributed by atoms with van der Waals surface area (Å²) in [6.07, 6.45) is -11.8. The quantitative estimate of drug-likeness (QED) is 0.0651. The predicted molar refractivity (Wildman–Crippen MR) is 142 cm³/mol. The number of ether oxygens (including phenoxy) is 1. The van der Waals surface area contributed by atoms with Gasteiger partial charge in [0.15, 0.2) is 0 Å². The highest BCUT2D eigenvalue weighted by Crippen LogP contribution is 2.38. The van der Waals surface area contributed by atoms with E-state index in [1.807, 2.05) is 0 Å². The lowest BCUT2D eigenvalue weighted by Crippen LogP contribution is -2.31. The second kappa shape index (κ2) is 14.1. The Morgan fingerprint density at radius 2 is 1.50 bits per heavy atom. The van der Waals surface area contributed by atoms with E-state index in [4.69, 9.17) is 10.6 Å². The fourth-order valence-electron chi connectivity index (χ4n) is 4.47. The van der Waals surface area contributed by atoms with E-state index in [2.05, 4.69) is 20.3 Å². The zero-order chi connectivity index (χ0) is 32.7. The molecule has 0 bridgehead atoms. The lowest BCUT2D eigenvalue weighted by Gasteiger charge is -2.27. The maximum Gasteiger partial charge on any atom is 0.416 e. The molecule has 0 saturated carbocycles. The fourth-order valence-corrected chi connectivity index (χ4v) is 4.47. The number of aromatic nitrogens is 1. The van der Waals surface area contributed by atoms with E-state index in [0.717, 1.165) is 22.6 Å². The minimum Gasteiger partial charge on any atom is -0.377 e. The van der Waals surface area contributed by atoms with Crippen LogP contribution in [0.1, 0.15) is 51.5 Å². The van der Waals surface area contributed by atoms with Crippen molar-refractivity contribution in [1.82, 2.24) is 9.88 Å². The Morgan fingerprint density at radius 1 is 0.864 bits per heavy atom. The number of hydrazone groups is 1. The molecule has 3 rings (SSSR count). The molecule has 16 heteroatoms. The SMILES string of the molecule is CN=NC(=NN)N(Cc1cc(C(F)(F)F)cc(C(F)(F)F)c1)Cc1cc(C(F)(F)F)ccc1C(CCc1cccnc1)OC. The van der Waals surface area contributed by atoms with Gasteiger partial charge in [-0.2, -0.15) is 44.6 Å². The average molecular weight is 635 g/mol. The Labute approximate surface area is 246 Å². The van der Waals surface area contributed by atoms with E-state index in [0.29, 0.717) is 30.5 Å². The van der Waals surface area contributed by atoms with Gasteiger partial charge in [0.2, 0.25) is 0 Å². The number of halogens is 9. The Balaban J connectivity index is 2.12. The number of methoxy groups -OCH3 is 1. The molecule has 2 aromatic carbocycles. The van der Waals surface area contributed by atoms with Crippen molar-refractivity contribution in [3.63, 3.8) is 0 Å². The molecule has 0 saturated heterocycles. The molecule has 238 valence electrons. The number of nitrogens with zero attached hydrogens (tertiary/aromatic N) is 5. The molecule has 1 atom stereocenters. The van der Waals surface area contributed by atoms with Crippen molar-refractivity contribution in [3.05, 3.63) is 99.9 Å². The van der Waals surface area contributed by atoms with Crippen molar-refractivity contribution in [2.45, 2.75) is 50.6 Å². The molecule has 1 heterocycles. The third kappa shape index (κ3) is 9.14. The van der Waals surface area contributed by atoms with Crippen LogP contribution in [0.15, 0.2) is 76.3 Å². The van der Waals surface area contributed by atoms with E-state index < -0.39 is 65.9 Å². The van der Waals surface area contributed by atoms with E-state index in [1.54, 1.807) is 24.5 Å². The largest absolute Gasteiger partial charge is 0.416 e. The molecule has 1 unspecified atom stereocenters. The number of alkyl halides is 9. The van der Waals surface area contributed by atoms with Gasteiger partial charge in [-0.1, -0.05) is 12.1 Å². The topological polar surface area (TPSA) is 88.5 Å². The molecule has 0 spiro atoms. The first-order valence-corrected chi connectivity index (χ1v) is 12.8. The first-order chi connectivity index (χ1) is 20.6. The van der Waals surface area contributed by atoms with Gasteiger partial charge in [0.1, 0.15) is 0 Å². The lowest BCUT2D eigenvalue weighted by atomic mass is 9.95. The van der Waals surface area contributed by atoms with Crippen LogP contribution in [-0.4, -0.2) is 30.0 Å². The van der Waals surface area contributed by atoms with Crippen LogP contribution in [-0.2, 0) is 42.8 Å². The number of rotatable bonds is 9. The average Bonchev–Trinajstić information content (AvgIpc) is 2.95. The van der Waals surface area contributed by atoms with Gasteiger partial charge in [-0.3, -0.25) is 4.98 Å². The third-order valence-electron chi connectivity index (χ3n) is 6.49. The first kappa shape index (κ1) is 34.3. The number of azo groups is 1. The number of hydrogen-bond acceptors (Lipinski definition) is 5. The number of pyridine rings is 1. The van der Waals surface area contributed by atoms with Crippen LogP contribution >= 0.6 is 0 Å².